The Balaban J connectivity index is 0.000000980. The van der Waals surface area contributed by atoms with Gasteiger partial charge in [-0.15, -0.1) is 0 Å². The Labute approximate surface area is 300 Å². The lowest BCUT2D eigenvalue weighted by molar-refractivity contribution is -0.192. The third kappa shape index (κ3) is 11.1. The zero-order valence-electron chi connectivity index (χ0n) is 28.8. The van der Waals surface area contributed by atoms with Crippen LogP contribution in [0.25, 0.3) is 0 Å². The molecule has 12 nitrogen and oxygen atoms in total. The number of carbonyl (C=O) groups is 3. The Kier molecular flexibility index (Phi) is 13.8. The van der Waals surface area contributed by atoms with Gasteiger partial charge in [-0.3, -0.25) is 10.2 Å². The number of amides is 1. The highest BCUT2D eigenvalue weighted by molar-refractivity contribution is 5.99. The fraction of sp³-hybridized carbons (Fsp3) is 0.250. The number of amidine groups is 1. The van der Waals surface area contributed by atoms with E-state index in [4.69, 9.17) is 30.5 Å². The highest BCUT2D eigenvalue weighted by Crippen LogP contribution is 2.40. The molecule has 282 valence electrons. The van der Waals surface area contributed by atoms with Gasteiger partial charge in [-0.2, -0.15) is 26.9 Å². The molecule has 53 heavy (non-hydrogen) atoms. The lowest BCUT2D eigenvalue weighted by atomic mass is 10.1. The van der Waals surface area contributed by atoms with Crippen LogP contribution in [0.5, 0.6) is 23.3 Å². The maximum absolute atomic E-state index is 16.1. The first-order valence-electron chi connectivity index (χ1n) is 15.8. The summed E-state index contributed by atoms with van der Waals surface area (Å²) < 4.78 is 75.2. The summed E-state index contributed by atoms with van der Waals surface area (Å²) in [6.45, 7) is 7.33. The molecule has 1 aromatic heterocycles. The molecule has 6 N–H and O–H groups in total. The molecular formula is C36H36F5N5O7. The number of rotatable bonds is 13. The predicted molar refractivity (Wildman–Crippen MR) is 184 cm³/mol. The van der Waals surface area contributed by atoms with Gasteiger partial charge >= 0.3 is 18.1 Å². The van der Waals surface area contributed by atoms with Crippen LogP contribution < -0.4 is 25.4 Å². The van der Waals surface area contributed by atoms with Crippen LogP contribution in [0, 0.1) is 17.0 Å². The van der Waals surface area contributed by atoms with E-state index in [1.165, 1.54) is 29.2 Å². The molecule has 1 amide bonds. The quantitative estimate of drug-likeness (QED) is 0.0534. The molecular weight excluding hydrogens is 709 g/mol. The molecule has 0 saturated heterocycles. The Bertz CT molecular complexity index is 1950. The number of nitrogens with zero attached hydrogens (tertiary/aromatic N) is 2. The van der Waals surface area contributed by atoms with Crippen molar-refractivity contribution in [2.75, 3.05) is 11.4 Å². The smallest absolute Gasteiger partial charge is 0.478 e. The summed E-state index contributed by atoms with van der Waals surface area (Å²) in [4.78, 5) is 39.3. The number of pyridine rings is 1. The van der Waals surface area contributed by atoms with Crippen molar-refractivity contribution in [3.05, 3.63) is 107 Å². The third-order valence-electron chi connectivity index (χ3n) is 7.19. The second-order valence-electron chi connectivity index (χ2n) is 11.7. The number of alkyl halides is 3. The number of aromatic carboxylic acids is 1. The van der Waals surface area contributed by atoms with Crippen LogP contribution in [0.15, 0.2) is 72.8 Å². The molecule has 0 aliphatic carbocycles. The Hall–Kier alpha value is -6.26. The third-order valence-corrected chi connectivity index (χ3v) is 7.19. The van der Waals surface area contributed by atoms with E-state index in [-0.39, 0.29) is 35.0 Å². The van der Waals surface area contributed by atoms with E-state index in [1.807, 2.05) is 30.3 Å². The van der Waals surface area contributed by atoms with Gasteiger partial charge in [-0.1, -0.05) is 42.5 Å². The Morgan fingerprint density at radius 2 is 1.45 bits per heavy atom. The van der Waals surface area contributed by atoms with Crippen LogP contribution in [0.3, 0.4) is 0 Å². The molecule has 17 heteroatoms. The van der Waals surface area contributed by atoms with Gasteiger partial charge in [0.25, 0.3) is 17.7 Å². The van der Waals surface area contributed by atoms with Crippen LogP contribution in [-0.4, -0.2) is 63.7 Å². The molecule has 4 aromatic rings. The number of nitrogen functional groups attached to an aromatic ring is 1. The molecule has 4 rings (SSSR count). The minimum absolute atomic E-state index is 0.0474. The maximum atomic E-state index is 16.1. The van der Waals surface area contributed by atoms with E-state index in [9.17, 15) is 27.9 Å². The second kappa shape index (κ2) is 17.8. The largest absolute Gasteiger partial charge is 0.490 e. The summed E-state index contributed by atoms with van der Waals surface area (Å²) in [7, 11) is 0. The van der Waals surface area contributed by atoms with Crippen molar-refractivity contribution in [3.8, 4) is 23.3 Å². The monoisotopic (exact) mass is 745 g/mol. The molecule has 0 aliphatic heterocycles. The van der Waals surface area contributed by atoms with Crippen molar-refractivity contribution in [2.45, 2.75) is 52.4 Å². The summed E-state index contributed by atoms with van der Waals surface area (Å²) >= 11 is 0. The summed E-state index contributed by atoms with van der Waals surface area (Å²) in [5.74, 6) is -8.90. The van der Waals surface area contributed by atoms with Gasteiger partial charge in [-0.25, -0.2) is 9.59 Å². The van der Waals surface area contributed by atoms with Crippen LogP contribution in [0.2, 0.25) is 0 Å². The normalized spacial score (nSPS) is 11.0. The zero-order chi connectivity index (χ0) is 39.6. The van der Waals surface area contributed by atoms with E-state index in [0.717, 1.165) is 11.6 Å². The number of benzene rings is 3. The molecule has 0 unspecified atom stereocenters. The fourth-order valence-corrected chi connectivity index (χ4v) is 4.90. The molecule has 0 aliphatic rings. The van der Waals surface area contributed by atoms with Crippen molar-refractivity contribution >= 4 is 29.4 Å². The first-order chi connectivity index (χ1) is 24.8. The predicted octanol–water partition coefficient (Wildman–Crippen LogP) is 7.16. The highest BCUT2D eigenvalue weighted by Gasteiger charge is 2.38. The number of aliphatic carboxylic acids is 1. The van der Waals surface area contributed by atoms with Crippen LogP contribution in [-0.2, 0) is 11.2 Å². The number of hydrogen-bond donors (Lipinski definition) is 5. The average molecular weight is 746 g/mol. The minimum Gasteiger partial charge on any atom is -0.478 e. The first-order valence-corrected chi connectivity index (χ1v) is 15.8. The summed E-state index contributed by atoms with van der Waals surface area (Å²) in [5, 5.41) is 27.5. The van der Waals surface area contributed by atoms with Gasteiger partial charge in [0.15, 0.2) is 0 Å². The van der Waals surface area contributed by atoms with Crippen molar-refractivity contribution in [1.82, 2.24) is 10.3 Å². The number of carboxylic acids is 2. The molecule has 0 bridgehead atoms. The Morgan fingerprint density at radius 1 is 0.868 bits per heavy atom. The molecule has 1 heterocycles. The SMILES string of the molecule is CC(C)N(c1c(F)c(Oc2cccc(C(=N)N)c2)nc(Oc2ccc(C(=O)NCCc3ccccc3)cc2C(=O)O)c1F)C(C)C.O=C(O)C(F)(F)F. The number of hydrogen-bond acceptors (Lipinski definition) is 8. The van der Waals surface area contributed by atoms with E-state index >= 15 is 8.78 Å². The standard InChI is InChI=1S/C34H35F2N5O5.C2HF3O2/c1-19(2)41(20(3)4)29-27(35)32(45-24-12-8-11-22(17-24)30(37)38)40-33(28(29)36)46-26-14-13-23(18-25(26)34(43)44)31(42)39-16-15-21-9-6-5-7-10-21;3-2(4,5)1(6)7/h5-14,17-20H,15-16H2,1-4H3,(H3,37,38)(H,39,42)(H,43,44);(H,6,7). The van der Waals surface area contributed by atoms with Crippen LogP contribution in [0.1, 0.15) is 59.5 Å². The lowest BCUT2D eigenvalue weighted by Crippen LogP contribution is -2.38. The molecule has 0 saturated carbocycles. The van der Waals surface area contributed by atoms with Crippen molar-refractivity contribution in [3.63, 3.8) is 0 Å². The van der Waals surface area contributed by atoms with Crippen molar-refractivity contribution < 1.29 is 56.0 Å². The second-order valence-corrected chi connectivity index (χ2v) is 11.7. The lowest BCUT2D eigenvalue weighted by Gasteiger charge is -2.33. The number of aromatic nitrogens is 1. The zero-order valence-corrected chi connectivity index (χ0v) is 28.8. The number of carbonyl (C=O) groups excluding carboxylic acids is 1. The number of anilines is 1. The van der Waals surface area contributed by atoms with Gasteiger partial charge in [-0.05, 0) is 70.0 Å². The number of halogens is 5. The molecule has 0 atom stereocenters. The first kappa shape index (κ1) is 41.2. The summed E-state index contributed by atoms with van der Waals surface area (Å²) in [6, 6.07) is 18.4. The molecule has 0 spiro atoms. The highest BCUT2D eigenvalue weighted by atomic mass is 19.4. The molecule has 0 fully saturated rings. The van der Waals surface area contributed by atoms with Gasteiger partial charge in [0.2, 0.25) is 11.6 Å². The average Bonchev–Trinajstić information content (AvgIpc) is 3.08. The van der Waals surface area contributed by atoms with E-state index in [2.05, 4.69) is 10.3 Å². The molecule has 3 aromatic carbocycles. The number of nitrogens with two attached hydrogens (primary N) is 1. The van der Waals surface area contributed by atoms with Crippen LogP contribution in [0.4, 0.5) is 27.6 Å². The van der Waals surface area contributed by atoms with Crippen LogP contribution >= 0.6 is 0 Å². The molecule has 0 radical (unpaired) electrons. The van der Waals surface area contributed by atoms with Gasteiger partial charge in [0.1, 0.15) is 28.6 Å². The number of ether oxygens (including phenoxy) is 2. The van der Waals surface area contributed by atoms with Gasteiger partial charge < -0.3 is 35.6 Å². The fourth-order valence-electron chi connectivity index (χ4n) is 4.90. The maximum Gasteiger partial charge on any atom is 0.490 e. The van der Waals surface area contributed by atoms with Gasteiger partial charge in [0.05, 0.1) is 0 Å². The topological polar surface area (TPSA) is 188 Å². The Morgan fingerprint density at radius 3 is 1.98 bits per heavy atom. The van der Waals surface area contributed by atoms with E-state index in [1.54, 1.807) is 39.8 Å². The minimum atomic E-state index is -5.08. The van der Waals surface area contributed by atoms with Crippen molar-refractivity contribution in [1.29, 1.82) is 5.41 Å². The van der Waals surface area contributed by atoms with E-state index in [0.29, 0.717) is 18.5 Å². The van der Waals surface area contributed by atoms with E-state index < -0.39 is 58.7 Å². The summed E-state index contributed by atoms with van der Waals surface area (Å²) in [5.41, 5.74) is 6.02. The number of nitrogens with one attached hydrogen (secondary N) is 2. The summed E-state index contributed by atoms with van der Waals surface area (Å²) in [6.07, 6.45) is -4.51. The van der Waals surface area contributed by atoms with Gasteiger partial charge in [0, 0.05) is 29.8 Å². The number of carboxylic acid groups (broad SMARTS) is 2. The van der Waals surface area contributed by atoms with Crippen molar-refractivity contribution in [2.24, 2.45) is 5.73 Å².